The number of rotatable bonds is 6. The number of benzene rings is 2. The van der Waals surface area contributed by atoms with E-state index in [2.05, 4.69) is 0 Å². The third-order valence-corrected chi connectivity index (χ3v) is 4.41. The zero-order chi connectivity index (χ0) is 16.5. The van der Waals surface area contributed by atoms with E-state index in [4.69, 9.17) is 10.5 Å². The van der Waals surface area contributed by atoms with Gasteiger partial charge in [0.2, 0.25) is 5.91 Å². The Morgan fingerprint density at radius 2 is 1.48 bits per heavy atom. The summed E-state index contributed by atoms with van der Waals surface area (Å²) in [6.45, 7) is -0.184. The number of nitrogens with zero attached hydrogens (tertiary/aromatic N) is 3. The number of thioether (sulfide) groups is 1. The highest BCUT2D eigenvalue weighted by atomic mass is 32.2. The molecule has 2 aromatic rings. The summed E-state index contributed by atoms with van der Waals surface area (Å²) in [5, 5.41) is 17.3. The van der Waals surface area contributed by atoms with E-state index in [0.717, 1.165) is 10.5 Å². The molecule has 0 bridgehead atoms. The molecule has 0 aliphatic carbocycles. The minimum atomic E-state index is -0.486. The Balaban J connectivity index is 2.31. The van der Waals surface area contributed by atoms with E-state index in [9.17, 15) is 4.79 Å². The maximum Gasteiger partial charge on any atom is 0.242 e. The lowest BCUT2D eigenvalue weighted by Crippen LogP contribution is -2.35. The molecular weight excluding hydrogens is 306 g/mol. The highest BCUT2D eigenvalue weighted by molar-refractivity contribution is 8.00. The van der Waals surface area contributed by atoms with E-state index in [1.807, 2.05) is 72.8 Å². The summed E-state index contributed by atoms with van der Waals surface area (Å²) in [5.74, 6) is -0.229. The molecule has 0 unspecified atom stereocenters. The Hall–Kier alpha value is -2.76. The number of carbonyl (C=O) groups excluding carboxylic acids is 1. The Kier molecular flexibility index (Phi) is 6.23. The summed E-state index contributed by atoms with van der Waals surface area (Å²) in [4.78, 5) is 15.1. The molecule has 0 spiro atoms. The molecule has 0 aliphatic rings. The van der Waals surface area contributed by atoms with Gasteiger partial charge in [0.1, 0.15) is 18.3 Å². The van der Waals surface area contributed by atoms with E-state index in [-0.39, 0.29) is 19.0 Å². The largest absolute Gasteiger partial charge is 0.315 e. The van der Waals surface area contributed by atoms with Crippen LogP contribution in [0.5, 0.6) is 0 Å². The van der Waals surface area contributed by atoms with Gasteiger partial charge in [-0.2, -0.15) is 10.5 Å². The number of nitriles is 2. The van der Waals surface area contributed by atoms with E-state index in [1.165, 1.54) is 16.7 Å². The molecule has 0 aromatic heterocycles. The van der Waals surface area contributed by atoms with E-state index < -0.39 is 5.25 Å². The van der Waals surface area contributed by atoms with Crippen molar-refractivity contribution < 1.29 is 4.79 Å². The van der Waals surface area contributed by atoms with Gasteiger partial charge in [0, 0.05) is 4.90 Å². The molecule has 0 saturated carbocycles. The number of hydrogen-bond acceptors (Lipinski definition) is 4. The van der Waals surface area contributed by atoms with Crippen LogP contribution in [-0.4, -0.2) is 23.9 Å². The lowest BCUT2D eigenvalue weighted by Gasteiger charge is -2.23. The lowest BCUT2D eigenvalue weighted by molar-refractivity contribution is -0.129. The van der Waals surface area contributed by atoms with Crippen LogP contribution in [0.25, 0.3) is 0 Å². The van der Waals surface area contributed by atoms with Gasteiger partial charge in [-0.1, -0.05) is 48.5 Å². The van der Waals surface area contributed by atoms with Gasteiger partial charge in [-0.3, -0.25) is 4.79 Å². The normalized spacial score (nSPS) is 11.0. The van der Waals surface area contributed by atoms with Gasteiger partial charge in [0.05, 0.1) is 12.1 Å². The molecule has 0 fully saturated rings. The van der Waals surface area contributed by atoms with Crippen molar-refractivity contribution in [2.24, 2.45) is 0 Å². The van der Waals surface area contributed by atoms with Gasteiger partial charge in [-0.15, -0.1) is 11.8 Å². The molecular formula is C18H15N3OS. The van der Waals surface area contributed by atoms with Crippen molar-refractivity contribution in [1.29, 1.82) is 10.5 Å². The van der Waals surface area contributed by atoms with Crippen molar-refractivity contribution in [3.63, 3.8) is 0 Å². The quantitative estimate of drug-likeness (QED) is 0.604. The van der Waals surface area contributed by atoms with E-state index >= 15 is 0 Å². The minimum absolute atomic E-state index is 0.0922. The van der Waals surface area contributed by atoms with Crippen LogP contribution >= 0.6 is 11.8 Å². The molecule has 0 saturated heterocycles. The van der Waals surface area contributed by atoms with Crippen LogP contribution in [0.4, 0.5) is 0 Å². The zero-order valence-electron chi connectivity index (χ0n) is 12.4. The molecule has 5 heteroatoms. The summed E-state index contributed by atoms with van der Waals surface area (Å²) >= 11 is 1.42. The first-order chi connectivity index (χ1) is 11.3. The first kappa shape index (κ1) is 16.6. The molecule has 0 N–H and O–H groups in total. The third-order valence-electron chi connectivity index (χ3n) is 3.16. The van der Waals surface area contributed by atoms with Crippen molar-refractivity contribution in [1.82, 2.24) is 4.90 Å². The molecule has 114 valence electrons. The molecule has 2 rings (SSSR count). The van der Waals surface area contributed by atoms with Crippen LogP contribution in [0, 0.1) is 22.7 Å². The summed E-state index contributed by atoms with van der Waals surface area (Å²) in [5.41, 5.74) is 0.854. The molecule has 2 aromatic carbocycles. The van der Waals surface area contributed by atoms with Crippen LogP contribution in [0.1, 0.15) is 10.8 Å². The smallest absolute Gasteiger partial charge is 0.242 e. The average molecular weight is 321 g/mol. The van der Waals surface area contributed by atoms with Crippen LogP contribution in [-0.2, 0) is 4.79 Å². The van der Waals surface area contributed by atoms with Gasteiger partial charge in [0.25, 0.3) is 0 Å². The monoisotopic (exact) mass is 321 g/mol. The van der Waals surface area contributed by atoms with Gasteiger partial charge in [-0.25, -0.2) is 0 Å². The number of hydrogen-bond donors (Lipinski definition) is 0. The molecule has 4 nitrogen and oxygen atoms in total. The highest BCUT2D eigenvalue weighted by Crippen LogP contribution is 2.36. The second-order valence-corrected chi connectivity index (χ2v) is 5.91. The lowest BCUT2D eigenvalue weighted by atomic mass is 10.1. The maximum atomic E-state index is 12.8. The Morgan fingerprint density at radius 1 is 0.957 bits per heavy atom. The fraction of sp³-hybridized carbons (Fsp3) is 0.167. The fourth-order valence-corrected chi connectivity index (χ4v) is 3.20. The minimum Gasteiger partial charge on any atom is -0.315 e. The second-order valence-electron chi connectivity index (χ2n) is 4.73. The molecule has 0 aliphatic heterocycles. The van der Waals surface area contributed by atoms with Crippen molar-refractivity contribution in [3.8, 4) is 12.1 Å². The molecule has 23 heavy (non-hydrogen) atoms. The van der Waals surface area contributed by atoms with Crippen LogP contribution < -0.4 is 0 Å². The Bertz CT molecular complexity index is 703. The van der Waals surface area contributed by atoms with Gasteiger partial charge in [-0.05, 0) is 17.7 Å². The molecule has 1 atom stereocenters. The van der Waals surface area contributed by atoms with Crippen LogP contribution in [0.15, 0.2) is 65.6 Å². The first-order valence-electron chi connectivity index (χ1n) is 7.05. The topological polar surface area (TPSA) is 67.9 Å². The average Bonchev–Trinajstić information content (AvgIpc) is 2.60. The number of amides is 1. The molecule has 1 amide bonds. The maximum absolute atomic E-state index is 12.8. The van der Waals surface area contributed by atoms with Gasteiger partial charge in [0.15, 0.2) is 0 Å². The Labute approximate surface area is 140 Å². The molecule has 0 heterocycles. The summed E-state index contributed by atoms with van der Waals surface area (Å²) in [7, 11) is 0. The van der Waals surface area contributed by atoms with Gasteiger partial charge >= 0.3 is 0 Å². The van der Waals surface area contributed by atoms with Crippen LogP contribution in [0.3, 0.4) is 0 Å². The predicted octanol–water partition coefficient (Wildman–Crippen LogP) is 3.40. The number of carbonyl (C=O) groups is 1. The highest BCUT2D eigenvalue weighted by Gasteiger charge is 2.26. The van der Waals surface area contributed by atoms with Crippen molar-refractivity contribution in [2.45, 2.75) is 10.1 Å². The van der Waals surface area contributed by atoms with E-state index in [0.29, 0.717) is 0 Å². The summed E-state index contributed by atoms with van der Waals surface area (Å²) < 4.78 is 0. The Morgan fingerprint density at radius 3 is 2.00 bits per heavy atom. The van der Waals surface area contributed by atoms with Crippen molar-refractivity contribution in [3.05, 3.63) is 66.2 Å². The van der Waals surface area contributed by atoms with Gasteiger partial charge < -0.3 is 4.90 Å². The van der Waals surface area contributed by atoms with E-state index in [1.54, 1.807) is 0 Å². The summed E-state index contributed by atoms with van der Waals surface area (Å²) in [6.07, 6.45) is 0. The predicted molar refractivity (Wildman–Crippen MR) is 89.3 cm³/mol. The molecule has 0 radical (unpaired) electrons. The first-order valence-corrected chi connectivity index (χ1v) is 7.93. The SMILES string of the molecule is N#CCN(CC#N)C(=O)[C@@H](Sc1ccccc1)c1ccccc1. The second kappa shape index (κ2) is 8.63. The summed E-state index contributed by atoms with van der Waals surface area (Å²) in [6, 6.07) is 22.9. The van der Waals surface area contributed by atoms with Crippen molar-refractivity contribution >= 4 is 17.7 Å². The standard InChI is InChI=1S/C18H15N3OS/c19-11-13-21(14-12-20)18(22)17(15-7-3-1-4-8-15)23-16-9-5-2-6-10-16/h1-10,17H,13-14H2/t17-/m0/s1. The van der Waals surface area contributed by atoms with Crippen molar-refractivity contribution in [2.75, 3.05) is 13.1 Å². The fourth-order valence-electron chi connectivity index (χ4n) is 2.07. The zero-order valence-corrected chi connectivity index (χ0v) is 13.2. The van der Waals surface area contributed by atoms with Crippen LogP contribution in [0.2, 0.25) is 0 Å². The third kappa shape index (κ3) is 4.60.